The van der Waals surface area contributed by atoms with Crippen LogP contribution in [0.25, 0.3) is 0 Å². The summed E-state index contributed by atoms with van der Waals surface area (Å²) in [7, 11) is -3.99. The molecule has 120 valence electrons. The molecule has 3 rings (SSSR count). The van der Waals surface area contributed by atoms with Crippen molar-refractivity contribution in [3.05, 3.63) is 27.8 Å². The van der Waals surface area contributed by atoms with Gasteiger partial charge in [0.15, 0.2) is 0 Å². The zero-order valence-electron chi connectivity index (χ0n) is 11.9. The first-order valence-corrected chi connectivity index (χ1v) is 8.61. The molecule has 1 saturated heterocycles. The van der Waals surface area contributed by atoms with Gasteiger partial charge in [0.2, 0.25) is 10.0 Å². The van der Waals surface area contributed by atoms with E-state index in [4.69, 9.17) is 9.88 Å². The number of morpholine rings is 1. The molecule has 2 N–H and O–H groups in total. The van der Waals surface area contributed by atoms with Gasteiger partial charge in [-0.05, 0) is 30.9 Å². The van der Waals surface area contributed by atoms with Crippen molar-refractivity contribution >= 4 is 21.4 Å². The van der Waals surface area contributed by atoms with E-state index in [0.717, 1.165) is 12.8 Å². The van der Waals surface area contributed by atoms with Gasteiger partial charge in [0.05, 0.1) is 28.6 Å². The van der Waals surface area contributed by atoms with Crippen LogP contribution in [0.3, 0.4) is 0 Å². The Hall–Kier alpha value is -1.71. The van der Waals surface area contributed by atoms with Gasteiger partial charge in [-0.3, -0.25) is 10.1 Å². The maximum atomic E-state index is 11.8. The molecule has 1 aliphatic carbocycles. The lowest BCUT2D eigenvalue weighted by atomic mass is 10.1. The first-order valence-electron chi connectivity index (χ1n) is 7.06. The van der Waals surface area contributed by atoms with Crippen LogP contribution in [0.4, 0.5) is 11.4 Å². The molecule has 0 amide bonds. The van der Waals surface area contributed by atoms with E-state index in [-0.39, 0.29) is 22.1 Å². The summed E-state index contributed by atoms with van der Waals surface area (Å²) < 4.78 is 28.8. The molecule has 8 nitrogen and oxygen atoms in total. The van der Waals surface area contributed by atoms with Crippen molar-refractivity contribution in [1.82, 2.24) is 0 Å². The number of ether oxygens (including phenoxy) is 1. The molecule has 22 heavy (non-hydrogen) atoms. The molecule has 0 spiro atoms. The third kappa shape index (κ3) is 2.79. The molecule has 1 aromatic carbocycles. The predicted molar refractivity (Wildman–Crippen MR) is 79.5 cm³/mol. The summed E-state index contributed by atoms with van der Waals surface area (Å²) >= 11 is 0. The van der Waals surface area contributed by atoms with E-state index in [0.29, 0.717) is 32.0 Å². The molecule has 0 unspecified atom stereocenters. The van der Waals surface area contributed by atoms with Gasteiger partial charge in [0, 0.05) is 13.1 Å². The second-order valence-corrected chi connectivity index (χ2v) is 7.05. The van der Waals surface area contributed by atoms with Crippen molar-refractivity contribution in [2.75, 3.05) is 31.2 Å². The molecule has 9 heteroatoms. The Morgan fingerprint density at radius 2 is 1.91 bits per heavy atom. The highest BCUT2D eigenvalue weighted by Crippen LogP contribution is 2.49. The Morgan fingerprint density at radius 3 is 2.41 bits per heavy atom. The number of hydrogen-bond acceptors (Lipinski definition) is 6. The first-order chi connectivity index (χ1) is 10.4. The average Bonchev–Trinajstić information content (AvgIpc) is 3.30. The van der Waals surface area contributed by atoms with Crippen LogP contribution in [0.1, 0.15) is 24.3 Å². The van der Waals surface area contributed by atoms with Crippen LogP contribution in [0.5, 0.6) is 0 Å². The summed E-state index contributed by atoms with van der Waals surface area (Å²) in [5.74, 6) is -0.102. The quantitative estimate of drug-likeness (QED) is 0.650. The summed E-state index contributed by atoms with van der Waals surface area (Å²) in [6, 6.07) is 2.87. The highest BCUT2D eigenvalue weighted by Gasteiger charge is 2.39. The maximum absolute atomic E-state index is 11.8. The highest BCUT2D eigenvalue weighted by atomic mass is 32.2. The first kappa shape index (κ1) is 15.2. The minimum atomic E-state index is -3.99. The monoisotopic (exact) mass is 327 g/mol. The fourth-order valence-electron chi connectivity index (χ4n) is 2.84. The Labute approximate surface area is 128 Å². The number of rotatable bonds is 4. The summed E-state index contributed by atoms with van der Waals surface area (Å²) in [6.45, 7) is 2.07. The summed E-state index contributed by atoms with van der Waals surface area (Å²) in [5, 5.41) is 16.8. The van der Waals surface area contributed by atoms with Crippen molar-refractivity contribution in [1.29, 1.82) is 0 Å². The van der Waals surface area contributed by atoms with Crippen LogP contribution >= 0.6 is 0 Å². The van der Waals surface area contributed by atoms with E-state index >= 15 is 0 Å². The molecule has 1 heterocycles. The number of benzene rings is 1. The van der Waals surface area contributed by atoms with Crippen molar-refractivity contribution in [2.24, 2.45) is 5.14 Å². The lowest BCUT2D eigenvalue weighted by Gasteiger charge is -2.29. The molecule has 0 bridgehead atoms. The van der Waals surface area contributed by atoms with Gasteiger partial charge in [0.25, 0.3) is 5.69 Å². The Morgan fingerprint density at radius 1 is 1.27 bits per heavy atom. The molecular formula is C13H17N3O5S. The van der Waals surface area contributed by atoms with Gasteiger partial charge in [0.1, 0.15) is 5.69 Å². The Balaban J connectivity index is 2.19. The highest BCUT2D eigenvalue weighted by molar-refractivity contribution is 7.89. The molecule has 1 aromatic rings. The van der Waals surface area contributed by atoms with Gasteiger partial charge in [-0.1, -0.05) is 0 Å². The minimum absolute atomic E-state index is 0.102. The molecule has 2 fully saturated rings. The van der Waals surface area contributed by atoms with Crippen LogP contribution in [0.15, 0.2) is 17.0 Å². The van der Waals surface area contributed by atoms with Crippen molar-refractivity contribution in [3.8, 4) is 0 Å². The number of primary sulfonamides is 1. The predicted octanol–water partition coefficient (Wildman–Crippen LogP) is 0.956. The van der Waals surface area contributed by atoms with E-state index in [2.05, 4.69) is 0 Å². The van der Waals surface area contributed by atoms with Crippen molar-refractivity contribution in [3.63, 3.8) is 0 Å². The van der Waals surface area contributed by atoms with Gasteiger partial charge in [-0.25, -0.2) is 13.6 Å². The standard InChI is InChI=1S/C13H17N3O5S/c14-22(19,20)11-4-3-10(15-5-7-21-8-6-15)13(16(17)18)12(11)9-1-2-9/h3-4,9H,1-2,5-8H2,(H2,14,19,20). The Kier molecular flexibility index (Phi) is 3.79. The average molecular weight is 327 g/mol. The lowest BCUT2D eigenvalue weighted by Crippen LogP contribution is -2.36. The third-order valence-electron chi connectivity index (χ3n) is 3.98. The summed E-state index contributed by atoms with van der Waals surface area (Å²) in [5.41, 5.74) is 0.579. The van der Waals surface area contributed by atoms with Gasteiger partial charge < -0.3 is 9.64 Å². The van der Waals surface area contributed by atoms with Crippen LogP contribution in [0.2, 0.25) is 0 Å². The lowest BCUT2D eigenvalue weighted by molar-refractivity contribution is -0.385. The number of sulfonamides is 1. The molecule has 2 aliphatic rings. The second-order valence-electron chi connectivity index (χ2n) is 5.52. The number of nitrogens with two attached hydrogens (primary N) is 1. The van der Waals surface area contributed by atoms with Crippen LogP contribution in [0, 0.1) is 10.1 Å². The van der Waals surface area contributed by atoms with E-state index in [1.54, 1.807) is 0 Å². The van der Waals surface area contributed by atoms with Gasteiger partial charge in [-0.15, -0.1) is 0 Å². The molecule has 0 atom stereocenters. The zero-order chi connectivity index (χ0) is 15.9. The van der Waals surface area contributed by atoms with E-state index in [9.17, 15) is 18.5 Å². The van der Waals surface area contributed by atoms with E-state index in [1.807, 2.05) is 4.90 Å². The molecule has 1 saturated carbocycles. The van der Waals surface area contributed by atoms with Crippen molar-refractivity contribution in [2.45, 2.75) is 23.7 Å². The number of hydrogen-bond donors (Lipinski definition) is 1. The van der Waals surface area contributed by atoms with Crippen molar-refractivity contribution < 1.29 is 18.1 Å². The topological polar surface area (TPSA) is 116 Å². The number of nitro groups is 1. The van der Waals surface area contributed by atoms with Crippen LogP contribution in [-0.2, 0) is 14.8 Å². The molecule has 1 aliphatic heterocycles. The fraction of sp³-hybridized carbons (Fsp3) is 0.538. The normalized spacial score (nSPS) is 19.2. The van der Waals surface area contributed by atoms with E-state index in [1.165, 1.54) is 12.1 Å². The third-order valence-corrected chi connectivity index (χ3v) is 4.95. The number of anilines is 1. The van der Waals surface area contributed by atoms with Gasteiger partial charge in [-0.2, -0.15) is 0 Å². The molecule has 0 radical (unpaired) electrons. The van der Waals surface area contributed by atoms with Crippen LogP contribution in [-0.4, -0.2) is 39.6 Å². The molecule has 0 aromatic heterocycles. The van der Waals surface area contributed by atoms with E-state index < -0.39 is 14.9 Å². The van der Waals surface area contributed by atoms with Crippen LogP contribution < -0.4 is 10.0 Å². The maximum Gasteiger partial charge on any atom is 0.297 e. The summed E-state index contributed by atoms with van der Waals surface area (Å²) in [6.07, 6.45) is 1.49. The second kappa shape index (κ2) is 5.49. The van der Waals surface area contributed by atoms with Gasteiger partial charge >= 0.3 is 0 Å². The number of nitro benzene ring substituents is 1. The summed E-state index contributed by atoms with van der Waals surface area (Å²) in [4.78, 5) is 12.9. The number of nitrogens with zero attached hydrogens (tertiary/aromatic N) is 2. The fourth-order valence-corrected chi connectivity index (χ4v) is 3.67. The SMILES string of the molecule is NS(=O)(=O)c1ccc(N2CCOCC2)c([N+](=O)[O-])c1C1CC1. The zero-order valence-corrected chi connectivity index (χ0v) is 12.7. The largest absolute Gasteiger partial charge is 0.378 e. The Bertz CT molecular complexity index is 709. The molecular weight excluding hydrogens is 310 g/mol. The minimum Gasteiger partial charge on any atom is -0.378 e. The smallest absolute Gasteiger partial charge is 0.297 e.